The van der Waals surface area contributed by atoms with E-state index in [0.29, 0.717) is 4.47 Å². The number of H-pyrrole nitrogens is 1. The molecule has 2 rings (SSSR count). The minimum absolute atomic E-state index is 0.0851. The summed E-state index contributed by atoms with van der Waals surface area (Å²) in [6.07, 6.45) is 0.0968. The number of pyridine rings is 1. The molecule has 128 valence electrons. The number of halogens is 1. The summed E-state index contributed by atoms with van der Waals surface area (Å²) in [6, 6.07) is 1.54. The van der Waals surface area contributed by atoms with Gasteiger partial charge in [0.15, 0.2) is 0 Å². The number of nitrogens with one attached hydrogen (secondary N) is 2. The van der Waals surface area contributed by atoms with Gasteiger partial charge >= 0.3 is 6.09 Å². The Bertz CT molecular complexity index is 745. The van der Waals surface area contributed by atoms with E-state index in [4.69, 9.17) is 5.11 Å². The lowest BCUT2D eigenvalue weighted by molar-refractivity contribution is 0.199. The van der Waals surface area contributed by atoms with Gasteiger partial charge in [-0.3, -0.25) is 24.2 Å². The van der Waals surface area contributed by atoms with Crippen LogP contribution in [0.2, 0.25) is 0 Å². The van der Waals surface area contributed by atoms with Crippen LogP contribution in [-0.4, -0.2) is 41.6 Å². The molecular weight excluding hydrogens is 390 g/mol. The number of aromatic nitrogens is 1. The maximum absolute atomic E-state index is 12.1. The summed E-state index contributed by atoms with van der Waals surface area (Å²) in [5.41, 5.74) is -1.49. The number of amides is 1. The Morgan fingerprint density at radius 1 is 1.43 bits per heavy atom. The lowest BCUT2D eigenvalue weighted by atomic mass is 9.95. The van der Waals surface area contributed by atoms with Gasteiger partial charge < -0.3 is 10.1 Å². The predicted octanol–water partition coefficient (Wildman–Crippen LogP) is 2.56. The van der Waals surface area contributed by atoms with Gasteiger partial charge in [0.2, 0.25) is 0 Å². The average molecular weight is 408 g/mol. The van der Waals surface area contributed by atoms with E-state index in [1.54, 1.807) is 6.92 Å². The predicted molar refractivity (Wildman–Crippen MR) is 92.5 cm³/mol. The molecule has 1 atom stereocenters. The molecule has 1 aliphatic heterocycles. The zero-order valence-corrected chi connectivity index (χ0v) is 15.2. The Labute approximate surface area is 142 Å². The van der Waals surface area contributed by atoms with Crippen LogP contribution in [0.15, 0.2) is 26.5 Å². The van der Waals surface area contributed by atoms with Crippen LogP contribution in [0.4, 0.5) is 4.79 Å². The van der Waals surface area contributed by atoms with Crippen molar-refractivity contribution < 1.29 is 19.0 Å². The van der Waals surface area contributed by atoms with Crippen LogP contribution in [0.25, 0.3) is 0 Å². The molecule has 8 nitrogen and oxygen atoms in total. The molecule has 23 heavy (non-hydrogen) atoms. The van der Waals surface area contributed by atoms with Crippen molar-refractivity contribution in [2.45, 2.75) is 31.1 Å². The second kappa shape index (κ2) is 5.62. The maximum Gasteiger partial charge on any atom is 0.410 e. The van der Waals surface area contributed by atoms with E-state index < -0.39 is 32.5 Å². The van der Waals surface area contributed by atoms with Crippen molar-refractivity contribution in [1.29, 1.82) is 0 Å². The van der Waals surface area contributed by atoms with Crippen molar-refractivity contribution >= 4 is 38.4 Å². The molecule has 2 heterocycles. The number of carboxylic acid groups (broad SMARTS) is 1. The minimum Gasteiger partial charge on any atom is -0.465 e. The van der Waals surface area contributed by atoms with Crippen LogP contribution >= 0.6 is 26.5 Å². The van der Waals surface area contributed by atoms with Crippen LogP contribution in [0.5, 0.6) is 0 Å². The van der Waals surface area contributed by atoms with E-state index in [1.807, 2.05) is 0 Å². The Morgan fingerprint density at radius 3 is 2.61 bits per heavy atom. The quantitative estimate of drug-likeness (QED) is 0.487. The third-order valence-corrected chi connectivity index (χ3v) is 7.15. The van der Waals surface area contributed by atoms with E-state index in [9.17, 15) is 18.7 Å². The first-order valence-corrected chi connectivity index (χ1v) is 9.14. The highest BCUT2D eigenvalue weighted by atomic mass is 79.9. The number of hydrogen-bond donors (Lipinski definition) is 5. The monoisotopic (exact) mass is 407 g/mol. The first kappa shape index (κ1) is 18.0. The number of carbonyl (C=O) groups is 1. The fraction of sp³-hybridized carbons (Fsp3) is 0.462. The highest BCUT2D eigenvalue weighted by Gasteiger charge is 2.50. The zero-order valence-electron chi connectivity index (χ0n) is 12.8. The maximum atomic E-state index is 12.1. The van der Waals surface area contributed by atoms with Gasteiger partial charge in [0.05, 0.1) is 5.75 Å². The van der Waals surface area contributed by atoms with Crippen molar-refractivity contribution in [2.24, 2.45) is 4.99 Å². The van der Waals surface area contributed by atoms with Gasteiger partial charge in [0.1, 0.15) is 16.1 Å². The van der Waals surface area contributed by atoms with E-state index in [-0.39, 0.29) is 17.2 Å². The van der Waals surface area contributed by atoms with Gasteiger partial charge in [-0.1, -0.05) is 0 Å². The molecule has 0 fully saturated rings. The lowest BCUT2D eigenvalue weighted by Gasteiger charge is -2.53. The summed E-state index contributed by atoms with van der Waals surface area (Å²) < 4.78 is 20.4. The second-order valence-electron chi connectivity index (χ2n) is 6.05. The lowest BCUT2D eigenvalue weighted by Crippen LogP contribution is -2.55. The molecule has 10 heteroatoms. The first-order valence-electron chi connectivity index (χ1n) is 6.63. The van der Waals surface area contributed by atoms with Crippen LogP contribution in [0.1, 0.15) is 26.3 Å². The minimum atomic E-state index is -3.27. The molecule has 1 aliphatic rings. The van der Waals surface area contributed by atoms with E-state index in [0.717, 1.165) is 0 Å². The average Bonchev–Trinajstić information content (AvgIpc) is 2.38. The van der Waals surface area contributed by atoms with Crippen LogP contribution in [0.3, 0.4) is 0 Å². The molecule has 1 amide bonds. The fourth-order valence-electron chi connectivity index (χ4n) is 2.42. The first-order chi connectivity index (χ1) is 10.4. The fourth-order valence-corrected chi connectivity index (χ4v) is 4.53. The molecule has 5 N–H and O–H groups in total. The van der Waals surface area contributed by atoms with Crippen molar-refractivity contribution in [2.75, 3.05) is 5.75 Å². The van der Waals surface area contributed by atoms with Crippen molar-refractivity contribution in [1.82, 2.24) is 10.3 Å². The number of rotatable bonds is 1. The van der Waals surface area contributed by atoms with E-state index in [2.05, 4.69) is 31.2 Å². The molecule has 0 bridgehead atoms. The zero-order chi connectivity index (χ0) is 17.6. The Balaban J connectivity index is 2.68. The normalized spacial score (nSPS) is 27.0. The highest BCUT2D eigenvalue weighted by molar-refractivity contribution is 9.10. The van der Waals surface area contributed by atoms with Crippen molar-refractivity contribution in [3.8, 4) is 0 Å². The Hall–Kier alpha value is -1.36. The van der Waals surface area contributed by atoms with Gasteiger partial charge in [0, 0.05) is 16.2 Å². The topological polar surface area (TPSA) is 135 Å². The SMILES string of the molecule is CC1(c2cc(Br)c[nH]c2=O)CS(O)(O)C(C)(C)C(NC(=O)O)=N1. The standard InChI is InChI=1S/C13H18BrN3O5S/c1-12(2)10(16-11(19)20)17-13(3,6-23(12,21)22)8-4-7(14)5-15-9(8)18/h4-5,21-22H,6H2,1-3H3,(H,15,18)(H,16,17)(H,19,20). The van der Waals surface area contributed by atoms with Gasteiger partial charge in [-0.05, 0) is 42.8 Å². The van der Waals surface area contributed by atoms with Gasteiger partial charge in [-0.2, -0.15) is 10.6 Å². The Kier molecular flexibility index (Phi) is 4.39. The molecule has 0 saturated heterocycles. The number of aliphatic imine (C=N–C) groups is 1. The molecule has 0 aromatic carbocycles. The largest absolute Gasteiger partial charge is 0.465 e. The molecular formula is C13H18BrN3O5S. The molecule has 0 saturated carbocycles. The summed E-state index contributed by atoms with van der Waals surface area (Å²) in [4.78, 5) is 30.0. The number of aromatic amines is 1. The summed E-state index contributed by atoms with van der Waals surface area (Å²) in [5, 5.41) is 11.1. The summed E-state index contributed by atoms with van der Waals surface area (Å²) in [7, 11) is -3.27. The Morgan fingerprint density at radius 2 is 2.04 bits per heavy atom. The molecule has 0 aliphatic carbocycles. The van der Waals surface area contributed by atoms with Crippen LogP contribution in [0, 0.1) is 0 Å². The number of hydrogen-bond acceptors (Lipinski definition) is 5. The van der Waals surface area contributed by atoms with Gasteiger partial charge in [0.25, 0.3) is 5.56 Å². The molecule has 1 aromatic rings. The third kappa shape index (κ3) is 3.16. The number of amidine groups is 1. The summed E-state index contributed by atoms with van der Waals surface area (Å²) in [6.45, 7) is 4.57. The van der Waals surface area contributed by atoms with E-state index >= 15 is 0 Å². The molecule has 1 unspecified atom stereocenters. The van der Waals surface area contributed by atoms with Crippen LogP contribution in [-0.2, 0) is 5.54 Å². The molecule has 1 aromatic heterocycles. The van der Waals surface area contributed by atoms with E-state index in [1.165, 1.54) is 26.1 Å². The van der Waals surface area contributed by atoms with Crippen molar-refractivity contribution in [3.05, 3.63) is 32.7 Å². The second-order valence-corrected chi connectivity index (χ2v) is 9.61. The molecule has 0 radical (unpaired) electrons. The smallest absolute Gasteiger partial charge is 0.410 e. The summed E-state index contributed by atoms with van der Waals surface area (Å²) in [5.74, 6) is -0.268. The highest BCUT2D eigenvalue weighted by Crippen LogP contribution is 2.59. The summed E-state index contributed by atoms with van der Waals surface area (Å²) >= 11 is 3.25. The van der Waals surface area contributed by atoms with Crippen molar-refractivity contribution in [3.63, 3.8) is 0 Å². The van der Waals surface area contributed by atoms with Gasteiger partial charge in [-0.15, -0.1) is 0 Å². The third-order valence-electron chi connectivity index (χ3n) is 3.90. The van der Waals surface area contributed by atoms with Crippen LogP contribution < -0.4 is 10.9 Å². The number of nitrogens with zero attached hydrogens (tertiary/aromatic N) is 1. The molecule has 0 spiro atoms. The van der Waals surface area contributed by atoms with Gasteiger partial charge in [-0.25, -0.2) is 4.79 Å².